The van der Waals surface area contributed by atoms with Crippen LogP contribution < -0.4 is 5.73 Å². The van der Waals surface area contributed by atoms with E-state index in [1.165, 1.54) is 41.8 Å². The first-order valence-electron chi connectivity index (χ1n) is 7.34. The van der Waals surface area contributed by atoms with E-state index < -0.39 is 0 Å². The molecule has 2 aromatic carbocycles. The van der Waals surface area contributed by atoms with Crippen molar-refractivity contribution in [2.75, 3.05) is 20.1 Å². The summed E-state index contributed by atoms with van der Waals surface area (Å²) in [5, 5.41) is 0. The molecular formula is C18H22N2. The van der Waals surface area contributed by atoms with Crippen molar-refractivity contribution in [3.63, 3.8) is 0 Å². The molecule has 104 valence electrons. The van der Waals surface area contributed by atoms with Crippen molar-refractivity contribution >= 4 is 0 Å². The Bertz CT molecular complexity index is 574. The molecule has 0 amide bonds. The number of likely N-dealkylation sites (N-methyl/N-ethyl adjacent to an activating group) is 1. The maximum Gasteiger partial charge on any atom is 0.0178 e. The van der Waals surface area contributed by atoms with Crippen molar-refractivity contribution in [3.8, 4) is 11.1 Å². The predicted molar refractivity (Wildman–Crippen MR) is 84.6 cm³/mol. The van der Waals surface area contributed by atoms with Crippen LogP contribution in [0.4, 0.5) is 0 Å². The fourth-order valence-electron chi connectivity index (χ4n) is 3.03. The molecule has 1 heterocycles. The molecule has 1 aliphatic rings. The maximum absolute atomic E-state index is 5.71. The molecular weight excluding hydrogens is 244 g/mol. The zero-order chi connectivity index (χ0) is 13.9. The monoisotopic (exact) mass is 266 g/mol. The molecule has 2 nitrogen and oxygen atoms in total. The Morgan fingerprint density at radius 1 is 1.10 bits per heavy atom. The summed E-state index contributed by atoms with van der Waals surface area (Å²) in [5.74, 6) is 0.699. The van der Waals surface area contributed by atoms with E-state index in [-0.39, 0.29) is 0 Å². The molecule has 0 spiro atoms. The fourth-order valence-corrected chi connectivity index (χ4v) is 3.03. The summed E-state index contributed by atoms with van der Waals surface area (Å²) >= 11 is 0. The highest BCUT2D eigenvalue weighted by Gasteiger charge is 2.20. The van der Waals surface area contributed by atoms with Crippen molar-refractivity contribution in [3.05, 3.63) is 59.7 Å². The Morgan fingerprint density at radius 3 is 2.55 bits per heavy atom. The number of hydrogen-bond acceptors (Lipinski definition) is 2. The van der Waals surface area contributed by atoms with Crippen molar-refractivity contribution in [1.29, 1.82) is 0 Å². The van der Waals surface area contributed by atoms with Gasteiger partial charge in [-0.05, 0) is 54.3 Å². The Hall–Kier alpha value is -1.64. The van der Waals surface area contributed by atoms with Crippen molar-refractivity contribution in [2.24, 2.45) is 5.73 Å². The van der Waals surface area contributed by atoms with Crippen LogP contribution in [0.5, 0.6) is 0 Å². The average Bonchev–Trinajstić information content (AvgIpc) is 2.94. The van der Waals surface area contributed by atoms with E-state index >= 15 is 0 Å². The summed E-state index contributed by atoms with van der Waals surface area (Å²) < 4.78 is 0. The first-order valence-corrected chi connectivity index (χ1v) is 7.34. The Labute approximate surface area is 121 Å². The Balaban J connectivity index is 1.82. The Kier molecular flexibility index (Phi) is 3.86. The van der Waals surface area contributed by atoms with Gasteiger partial charge in [0.1, 0.15) is 0 Å². The van der Waals surface area contributed by atoms with Gasteiger partial charge < -0.3 is 10.6 Å². The quantitative estimate of drug-likeness (QED) is 0.924. The normalized spacial score (nSPS) is 19.4. The predicted octanol–water partition coefficient (Wildman–Crippen LogP) is 3.23. The molecule has 1 aliphatic heterocycles. The van der Waals surface area contributed by atoms with Gasteiger partial charge in [-0.2, -0.15) is 0 Å². The zero-order valence-electron chi connectivity index (χ0n) is 12.0. The van der Waals surface area contributed by atoms with Crippen LogP contribution in [0.15, 0.2) is 48.5 Å². The lowest BCUT2D eigenvalue weighted by molar-refractivity contribution is 0.411. The van der Waals surface area contributed by atoms with E-state index in [1.807, 2.05) is 0 Å². The number of benzene rings is 2. The van der Waals surface area contributed by atoms with Crippen LogP contribution in [0.3, 0.4) is 0 Å². The summed E-state index contributed by atoms with van der Waals surface area (Å²) in [7, 11) is 2.20. The molecule has 0 aromatic heterocycles. The molecule has 0 bridgehead atoms. The summed E-state index contributed by atoms with van der Waals surface area (Å²) in [4.78, 5) is 2.41. The maximum atomic E-state index is 5.71. The second-order valence-electron chi connectivity index (χ2n) is 5.77. The molecule has 1 fully saturated rings. The van der Waals surface area contributed by atoms with Gasteiger partial charge in [-0.3, -0.25) is 0 Å². The third kappa shape index (κ3) is 2.77. The van der Waals surface area contributed by atoms with Gasteiger partial charge in [0.2, 0.25) is 0 Å². The van der Waals surface area contributed by atoms with Gasteiger partial charge in [-0.25, -0.2) is 0 Å². The van der Waals surface area contributed by atoms with Gasteiger partial charge in [-0.15, -0.1) is 0 Å². The smallest absolute Gasteiger partial charge is 0.0178 e. The third-order valence-corrected chi connectivity index (χ3v) is 4.27. The van der Waals surface area contributed by atoms with Crippen LogP contribution in [0.1, 0.15) is 23.5 Å². The number of hydrogen-bond donors (Lipinski definition) is 1. The van der Waals surface area contributed by atoms with E-state index in [2.05, 4.69) is 60.5 Å². The third-order valence-electron chi connectivity index (χ3n) is 4.27. The first kappa shape index (κ1) is 13.3. The van der Waals surface area contributed by atoms with Crippen LogP contribution in [0.2, 0.25) is 0 Å². The van der Waals surface area contributed by atoms with Gasteiger partial charge in [0.25, 0.3) is 0 Å². The molecule has 2 N–H and O–H groups in total. The molecule has 2 heteroatoms. The second kappa shape index (κ2) is 5.78. The summed E-state index contributed by atoms with van der Waals surface area (Å²) in [6, 6.07) is 17.5. The number of rotatable bonds is 3. The van der Waals surface area contributed by atoms with Gasteiger partial charge in [0.05, 0.1) is 0 Å². The highest BCUT2D eigenvalue weighted by atomic mass is 15.1. The zero-order valence-corrected chi connectivity index (χ0v) is 12.0. The van der Waals surface area contributed by atoms with Gasteiger partial charge in [0.15, 0.2) is 0 Å². The number of nitrogens with zero attached hydrogens (tertiary/aromatic N) is 1. The summed E-state index contributed by atoms with van der Waals surface area (Å²) in [6.07, 6.45) is 1.28. The Morgan fingerprint density at radius 2 is 1.90 bits per heavy atom. The minimum absolute atomic E-state index is 0.598. The minimum atomic E-state index is 0.598. The standard InChI is InChI=1S/C18H22N2/c1-20-10-9-18(13-20)16-7-5-15(6-8-16)17-4-2-3-14(11-17)12-19/h2-8,11,18H,9-10,12-13,19H2,1H3. The lowest BCUT2D eigenvalue weighted by Crippen LogP contribution is -2.13. The van der Waals surface area contributed by atoms with Crippen molar-refractivity contribution in [2.45, 2.75) is 18.9 Å². The van der Waals surface area contributed by atoms with Crippen LogP contribution in [-0.4, -0.2) is 25.0 Å². The van der Waals surface area contributed by atoms with E-state index in [9.17, 15) is 0 Å². The van der Waals surface area contributed by atoms with Crippen molar-refractivity contribution in [1.82, 2.24) is 4.90 Å². The average molecular weight is 266 g/mol. The summed E-state index contributed by atoms with van der Waals surface area (Å²) in [5.41, 5.74) is 10.9. The van der Waals surface area contributed by atoms with Gasteiger partial charge in [-0.1, -0.05) is 42.5 Å². The first-order chi connectivity index (χ1) is 9.76. The van der Waals surface area contributed by atoms with Gasteiger partial charge in [0, 0.05) is 13.1 Å². The van der Waals surface area contributed by atoms with Crippen LogP contribution in [0.25, 0.3) is 11.1 Å². The molecule has 3 rings (SSSR count). The van der Waals surface area contributed by atoms with Crippen LogP contribution >= 0.6 is 0 Å². The van der Waals surface area contributed by atoms with Crippen LogP contribution in [-0.2, 0) is 6.54 Å². The molecule has 2 aromatic rings. The lowest BCUT2D eigenvalue weighted by atomic mass is 9.95. The van der Waals surface area contributed by atoms with E-state index in [1.54, 1.807) is 0 Å². The number of nitrogens with two attached hydrogens (primary N) is 1. The molecule has 0 saturated carbocycles. The second-order valence-corrected chi connectivity index (χ2v) is 5.77. The molecule has 20 heavy (non-hydrogen) atoms. The van der Waals surface area contributed by atoms with E-state index in [0.29, 0.717) is 12.5 Å². The summed E-state index contributed by atoms with van der Waals surface area (Å²) in [6.45, 7) is 2.99. The molecule has 1 atom stereocenters. The van der Waals surface area contributed by atoms with Gasteiger partial charge >= 0.3 is 0 Å². The lowest BCUT2D eigenvalue weighted by Gasteiger charge is -2.12. The van der Waals surface area contributed by atoms with E-state index in [4.69, 9.17) is 5.73 Å². The van der Waals surface area contributed by atoms with Crippen LogP contribution in [0, 0.1) is 0 Å². The molecule has 1 saturated heterocycles. The van der Waals surface area contributed by atoms with Crippen molar-refractivity contribution < 1.29 is 0 Å². The largest absolute Gasteiger partial charge is 0.326 e. The minimum Gasteiger partial charge on any atom is -0.326 e. The topological polar surface area (TPSA) is 29.3 Å². The molecule has 1 unspecified atom stereocenters. The molecule has 0 radical (unpaired) electrons. The highest BCUT2D eigenvalue weighted by molar-refractivity contribution is 5.64. The molecule has 0 aliphatic carbocycles. The highest BCUT2D eigenvalue weighted by Crippen LogP contribution is 2.28. The number of likely N-dealkylation sites (tertiary alicyclic amines) is 1. The SMILES string of the molecule is CN1CCC(c2ccc(-c3cccc(CN)c3)cc2)C1. The van der Waals surface area contributed by atoms with E-state index in [0.717, 1.165) is 0 Å². The fraction of sp³-hybridized carbons (Fsp3) is 0.333.